The summed E-state index contributed by atoms with van der Waals surface area (Å²) in [5.74, 6) is -0.846. The number of carboxylic acid groups (broad SMARTS) is 1. The molecule has 0 aliphatic carbocycles. The van der Waals surface area contributed by atoms with E-state index in [2.05, 4.69) is 5.32 Å². The summed E-state index contributed by atoms with van der Waals surface area (Å²) in [5, 5.41) is 12.0. The Morgan fingerprint density at radius 3 is 2.69 bits per heavy atom. The summed E-state index contributed by atoms with van der Waals surface area (Å²) < 4.78 is 5.46. The fraction of sp³-hybridized carbons (Fsp3) is 0.889. The van der Waals surface area contributed by atoms with Crippen LogP contribution in [0.2, 0.25) is 0 Å². The number of hydrogen-bond acceptors (Lipinski definition) is 3. The first-order chi connectivity index (χ1) is 6.24. The molecule has 0 saturated carbocycles. The number of piperidine rings is 1. The Bertz CT molecular complexity index is 166. The van der Waals surface area contributed by atoms with Gasteiger partial charge in [-0.15, -0.1) is 0 Å². The summed E-state index contributed by atoms with van der Waals surface area (Å²) in [4.78, 5) is 10.7. The third-order valence-electron chi connectivity index (χ3n) is 2.29. The molecule has 1 aliphatic rings. The molecule has 1 fully saturated rings. The van der Waals surface area contributed by atoms with Crippen LogP contribution < -0.4 is 5.32 Å². The van der Waals surface area contributed by atoms with Gasteiger partial charge in [-0.05, 0) is 32.4 Å². The van der Waals surface area contributed by atoms with Crippen molar-refractivity contribution in [3.63, 3.8) is 0 Å². The van der Waals surface area contributed by atoms with E-state index in [9.17, 15) is 4.79 Å². The van der Waals surface area contributed by atoms with E-state index in [0.717, 1.165) is 25.9 Å². The quantitative estimate of drug-likeness (QED) is 0.677. The van der Waals surface area contributed by atoms with Gasteiger partial charge < -0.3 is 15.2 Å². The number of rotatable bonds is 4. The second-order valence-electron chi connectivity index (χ2n) is 3.32. The van der Waals surface area contributed by atoms with Crippen molar-refractivity contribution in [2.24, 2.45) is 0 Å². The van der Waals surface area contributed by atoms with E-state index < -0.39 is 12.1 Å². The molecule has 0 aromatic heterocycles. The molecule has 1 heterocycles. The van der Waals surface area contributed by atoms with Crippen LogP contribution in [-0.4, -0.2) is 36.4 Å². The summed E-state index contributed by atoms with van der Waals surface area (Å²) in [6.45, 7) is 3.70. The largest absolute Gasteiger partial charge is 0.479 e. The van der Waals surface area contributed by atoms with Gasteiger partial charge in [-0.25, -0.2) is 4.79 Å². The van der Waals surface area contributed by atoms with Crippen LogP contribution in [0.15, 0.2) is 0 Å². The van der Waals surface area contributed by atoms with E-state index in [4.69, 9.17) is 9.84 Å². The van der Waals surface area contributed by atoms with Crippen molar-refractivity contribution < 1.29 is 14.6 Å². The third kappa shape index (κ3) is 3.32. The predicted octanol–water partition coefficient (Wildman–Crippen LogP) is 0.618. The molecule has 1 unspecified atom stereocenters. The molecule has 0 spiro atoms. The van der Waals surface area contributed by atoms with E-state index in [0.29, 0.717) is 6.42 Å². The molecule has 1 aliphatic heterocycles. The van der Waals surface area contributed by atoms with Crippen molar-refractivity contribution in [1.82, 2.24) is 5.32 Å². The highest BCUT2D eigenvalue weighted by Crippen LogP contribution is 2.11. The number of ether oxygens (including phenoxy) is 1. The molecule has 1 saturated heterocycles. The van der Waals surface area contributed by atoms with Gasteiger partial charge in [0.1, 0.15) is 0 Å². The lowest BCUT2D eigenvalue weighted by molar-refractivity contribution is -0.155. The van der Waals surface area contributed by atoms with Crippen molar-refractivity contribution in [3.8, 4) is 0 Å². The number of carbonyl (C=O) groups is 1. The van der Waals surface area contributed by atoms with Gasteiger partial charge in [0.2, 0.25) is 0 Å². The van der Waals surface area contributed by atoms with Gasteiger partial charge in [0.05, 0.1) is 6.10 Å². The van der Waals surface area contributed by atoms with E-state index in [1.165, 1.54) is 0 Å². The van der Waals surface area contributed by atoms with Crippen LogP contribution in [0.3, 0.4) is 0 Å². The highest BCUT2D eigenvalue weighted by Gasteiger charge is 2.22. The zero-order valence-electron chi connectivity index (χ0n) is 7.95. The Hall–Kier alpha value is -0.610. The number of nitrogens with one attached hydrogen (secondary N) is 1. The molecule has 0 aromatic rings. The molecule has 4 nitrogen and oxygen atoms in total. The molecular weight excluding hydrogens is 170 g/mol. The zero-order chi connectivity index (χ0) is 9.68. The van der Waals surface area contributed by atoms with Crippen molar-refractivity contribution in [1.29, 1.82) is 0 Å². The number of hydrogen-bond donors (Lipinski definition) is 2. The Kier molecular flexibility index (Phi) is 4.18. The van der Waals surface area contributed by atoms with Crippen molar-refractivity contribution >= 4 is 5.97 Å². The zero-order valence-corrected chi connectivity index (χ0v) is 7.95. The maximum atomic E-state index is 10.7. The molecule has 76 valence electrons. The molecule has 0 bridgehead atoms. The van der Waals surface area contributed by atoms with Crippen molar-refractivity contribution in [3.05, 3.63) is 0 Å². The number of aliphatic carboxylic acids is 1. The molecule has 0 radical (unpaired) electrons. The minimum Gasteiger partial charge on any atom is -0.479 e. The minimum absolute atomic E-state index is 0.127. The smallest absolute Gasteiger partial charge is 0.332 e. The van der Waals surface area contributed by atoms with Gasteiger partial charge in [-0.3, -0.25) is 0 Å². The lowest BCUT2D eigenvalue weighted by Gasteiger charge is -2.25. The first-order valence-corrected chi connectivity index (χ1v) is 4.83. The standard InChI is InChI=1S/C9H17NO3/c1-2-8(9(11)12)13-7-3-5-10-6-4-7/h7-8,10H,2-6H2,1H3,(H,11,12). The van der Waals surface area contributed by atoms with Crippen LogP contribution >= 0.6 is 0 Å². The second-order valence-corrected chi connectivity index (χ2v) is 3.32. The van der Waals surface area contributed by atoms with Crippen molar-refractivity contribution in [2.45, 2.75) is 38.4 Å². The van der Waals surface area contributed by atoms with Gasteiger partial charge in [0.15, 0.2) is 6.10 Å². The van der Waals surface area contributed by atoms with E-state index in [-0.39, 0.29) is 6.10 Å². The normalized spacial score (nSPS) is 21.3. The van der Waals surface area contributed by atoms with Gasteiger partial charge in [-0.1, -0.05) is 6.92 Å². The first kappa shape index (κ1) is 10.5. The van der Waals surface area contributed by atoms with Crippen LogP contribution in [0.1, 0.15) is 26.2 Å². The van der Waals surface area contributed by atoms with E-state index in [1.807, 2.05) is 6.92 Å². The maximum absolute atomic E-state index is 10.7. The lowest BCUT2D eigenvalue weighted by Crippen LogP contribution is -2.36. The van der Waals surface area contributed by atoms with Gasteiger partial charge in [0.25, 0.3) is 0 Å². The summed E-state index contributed by atoms with van der Waals surface area (Å²) >= 11 is 0. The minimum atomic E-state index is -0.846. The Morgan fingerprint density at radius 2 is 2.23 bits per heavy atom. The van der Waals surface area contributed by atoms with Gasteiger partial charge >= 0.3 is 5.97 Å². The molecule has 0 aromatic carbocycles. The fourth-order valence-corrected chi connectivity index (χ4v) is 1.49. The third-order valence-corrected chi connectivity index (χ3v) is 2.29. The van der Waals surface area contributed by atoms with Crippen molar-refractivity contribution in [2.75, 3.05) is 13.1 Å². The molecule has 1 atom stereocenters. The summed E-state index contributed by atoms with van der Waals surface area (Å²) in [5.41, 5.74) is 0. The van der Waals surface area contributed by atoms with Crippen LogP contribution in [0.25, 0.3) is 0 Å². The Labute approximate surface area is 78.3 Å². The number of carboxylic acids is 1. The first-order valence-electron chi connectivity index (χ1n) is 4.83. The Balaban J connectivity index is 2.31. The second kappa shape index (κ2) is 5.19. The topological polar surface area (TPSA) is 58.6 Å². The van der Waals surface area contributed by atoms with E-state index in [1.54, 1.807) is 0 Å². The molecular formula is C9H17NO3. The molecule has 13 heavy (non-hydrogen) atoms. The monoisotopic (exact) mass is 187 g/mol. The van der Waals surface area contributed by atoms with E-state index >= 15 is 0 Å². The van der Waals surface area contributed by atoms with Crippen LogP contribution in [0.5, 0.6) is 0 Å². The molecule has 4 heteroatoms. The summed E-state index contributed by atoms with van der Waals surface area (Å²) in [7, 11) is 0. The fourth-order valence-electron chi connectivity index (χ4n) is 1.49. The lowest BCUT2D eigenvalue weighted by atomic mass is 10.1. The molecule has 1 rings (SSSR count). The SMILES string of the molecule is CCC(OC1CCNCC1)C(=O)O. The Morgan fingerprint density at radius 1 is 1.62 bits per heavy atom. The summed E-state index contributed by atoms with van der Waals surface area (Å²) in [6.07, 6.45) is 1.89. The predicted molar refractivity (Wildman–Crippen MR) is 48.7 cm³/mol. The molecule has 2 N–H and O–H groups in total. The van der Waals surface area contributed by atoms with Gasteiger partial charge in [0, 0.05) is 0 Å². The highest BCUT2D eigenvalue weighted by molar-refractivity contribution is 5.72. The highest BCUT2D eigenvalue weighted by atomic mass is 16.5. The maximum Gasteiger partial charge on any atom is 0.332 e. The summed E-state index contributed by atoms with van der Waals surface area (Å²) in [6, 6.07) is 0. The van der Waals surface area contributed by atoms with Crippen LogP contribution in [-0.2, 0) is 9.53 Å². The van der Waals surface area contributed by atoms with Crippen LogP contribution in [0, 0.1) is 0 Å². The van der Waals surface area contributed by atoms with Crippen LogP contribution in [0.4, 0.5) is 0 Å². The molecule has 0 amide bonds. The average molecular weight is 187 g/mol. The average Bonchev–Trinajstić information content (AvgIpc) is 2.15. The van der Waals surface area contributed by atoms with Gasteiger partial charge in [-0.2, -0.15) is 0 Å².